The van der Waals surface area contributed by atoms with Gasteiger partial charge in [-0.1, -0.05) is 38.3 Å². The maximum atomic E-state index is 12.0. The molecule has 108 valence electrons. The molecule has 0 unspecified atom stereocenters. The molecule has 0 saturated carbocycles. The molecule has 0 aromatic carbocycles. The summed E-state index contributed by atoms with van der Waals surface area (Å²) in [7, 11) is 1.58. The molecule has 1 rings (SSSR count). The van der Waals surface area contributed by atoms with Gasteiger partial charge in [-0.25, -0.2) is 4.68 Å². The van der Waals surface area contributed by atoms with Gasteiger partial charge in [0.25, 0.3) is 5.56 Å². The largest absolute Gasteiger partial charge is 0.383 e. The van der Waals surface area contributed by atoms with E-state index < -0.39 is 0 Å². The second-order valence-corrected chi connectivity index (χ2v) is 4.83. The van der Waals surface area contributed by atoms with Crippen LogP contribution in [0.1, 0.15) is 26.7 Å². The lowest BCUT2D eigenvalue weighted by Gasteiger charge is -2.15. The molecule has 6 heteroatoms. The van der Waals surface area contributed by atoms with Gasteiger partial charge in [0, 0.05) is 13.7 Å². The van der Waals surface area contributed by atoms with Crippen molar-refractivity contribution in [3.05, 3.63) is 21.6 Å². The monoisotopic (exact) mass is 287 g/mol. The Labute approximate surface area is 118 Å². The first-order valence-corrected chi connectivity index (χ1v) is 7.00. The second kappa shape index (κ2) is 8.17. The quantitative estimate of drug-likeness (QED) is 0.798. The van der Waals surface area contributed by atoms with Gasteiger partial charge in [-0.15, -0.1) is 0 Å². The zero-order valence-electron chi connectivity index (χ0n) is 11.8. The van der Waals surface area contributed by atoms with Gasteiger partial charge in [0.1, 0.15) is 5.02 Å². The van der Waals surface area contributed by atoms with Crippen molar-refractivity contribution in [1.29, 1.82) is 0 Å². The highest BCUT2D eigenvalue weighted by Crippen LogP contribution is 2.17. The van der Waals surface area contributed by atoms with E-state index in [0.29, 0.717) is 24.8 Å². The van der Waals surface area contributed by atoms with Crippen LogP contribution < -0.4 is 10.9 Å². The standard InChI is InChI=1S/C13H22ClN3O2/c1-4-10(5-2)8-15-11-9-16-17(6-7-19-3)13(18)12(11)14/h9-10,15H,4-8H2,1-3H3. The Morgan fingerprint density at radius 2 is 2.16 bits per heavy atom. The molecule has 5 nitrogen and oxygen atoms in total. The Bertz CT molecular complexity index is 444. The first-order valence-electron chi connectivity index (χ1n) is 6.62. The first kappa shape index (κ1) is 16.0. The molecule has 0 atom stereocenters. The van der Waals surface area contributed by atoms with E-state index in [9.17, 15) is 4.79 Å². The van der Waals surface area contributed by atoms with Crippen LogP contribution in [0.2, 0.25) is 5.02 Å². The fraction of sp³-hybridized carbons (Fsp3) is 0.692. The minimum atomic E-state index is -0.284. The van der Waals surface area contributed by atoms with Crippen LogP contribution in [-0.2, 0) is 11.3 Å². The number of anilines is 1. The summed E-state index contributed by atoms with van der Waals surface area (Å²) in [5.41, 5.74) is 0.320. The Hall–Kier alpha value is -1.07. The summed E-state index contributed by atoms with van der Waals surface area (Å²) in [6.45, 7) is 5.94. The Kier molecular flexibility index (Phi) is 6.87. The number of halogens is 1. The van der Waals surface area contributed by atoms with Gasteiger partial charge in [0.15, 0.2) is 0 Å². The number of hydrogen-bond donors (Lipinski definition) is 1. The molecular formula is C13H22ClN3O2. The second-order valence-electron chi connectivity index (χ2n) is 4.46. The van der Waals surface area contributed by atoms with E-state index in [1.165, 1.54) is 4.68 Å². The summed E-state index contributed by atoms with van der Waals surface area (Å²) in [6.07, 6.45) is 3.79. The molecule has 0 saturated heterocycles. The van der Waals surface area contributed by atoms with Gasteiger partial charge in [-0.3, -0.25) is 4.79 Å². The average Bonchev–Trinajstić information content (AvgIpc) is 2.43. The predicted octanol–water partition coefficient (Wildman–Crippen LogP) is 2.39. The minimum absolute atomic E-state index is 0.192. The van der Waals surface area contributed by atoms with Gasteiger partial charge in [0.2, 0.25) is 0 Å². The summed E-state index contributed by atoms with van der Waals surface area (Å²) in [5, 5.41) is 7.48. The van der Waals surface area contributed by atoms with E-state index in [1.807, 2.05) is 0 Å². The molecule has 0 fully saturated rings. The summed E-state index contributed by atoms with van der Waals surface area (Å²) >= 11 is 6.07. The van der Waals surface area contributed by atoms with Crippen molar-refractivity contribution in [3.8, 4) is 0 Å². The van der Waals surface area contributed by atoms with E-state index in [2.05, 4.69) is 24.3 Å². The van der Waals surface area contributed by atoms with Crippen molar-refractivity contribution in [2.75, 3.05) is 25.6 Å². The highest BCUT2D eigenvalue weighted by molar-refractivity contribution is 6.32. The molecule has 0 amide bonds. The topological polar surface area (TPSA) is 56.1 Å². The lowest BCUT2D eigenvalue weighted by Crippen LogP contribution is -2.26. The third kappa shape index (κ3) is 4.51. The number of nitrogens with zero attached hydrogens (tertiary/aromatic N) is 2. The molecule has 0 aliphatic rings. The lowest BCUT2D eigenvalue weighted by atomic mass is 10.0. The van der Waals surface area contributed by atoms with Crippen LogP contribution in [0.25, 0.3) is 0 Å². The molecule has 0 bridgehead atoms. The van der Waals surface area contributed by atoms with E-state index in [-0.39, 0.29) is 10.6 Å². The Balaban J connectivity index is 2.76. The van der Waals surface area contributed by atoms with Crippen LogP contribution in [0.15, 0.2) is 11.0 Å². The molecule has 0 radical (unpaired) electrons. The van der Waals surface area contributed by atoms with Crippen LogP contribution >= 0.6 is 11.6 Å². The fourth-order valence-corrected chi connectivity index (χ4v) is 1.97. The van der Waals surface area contributed by atoms with Gasteiger partial charge < -0.3 is 10.1 Å². The smallest absolute Gasteiger partial charge is 0.287 e. The van der Waals surface area contributed by atoms with Crippen LogP contribution in [0.3, 0.4) is 0 Å². The highest BCUT2D eigenvalue weighted by Gasteiger charge is 2.10. The fourth-order valence-electron chi connectivity index (χ4n) is 1.76. The van der Waals surface area contributed by atoms with E-state index in [1.54, 1.807) is 13.3 Å². The van der Waals surface area contributed by atoms with Gasteiger partial charge in [0.05, 0.1) is 25.0 Å². The third-order valence-electron chi connectivity index (χ3n) is 3.23. The predicted molar refractivity (Wildman–Crippen MR) is 77.9 cm³/mol. The number of rotatable bonds is 8. The molecule has 1 aromatic rings. The highest BCUT2D eigenvalue weighted by atomic mass is 35.5. The minimum Gasteiger partial charge on any atom is -0.383 e. The maximum absolute atomic E-state index is 12.0. The molecule has 1 N–H and O–H groups in total. The molecule has 1 heterocycles. The maximum Gasteiger partial charge on any atom is 0.287 e. The number of aromatic nitrogens is 2. The Morgan fingerprint density at radius 1 is 1.47 bits per heavy atom. The Morgan fingerprint density at radius 3 is 2.74 bits per heavy atom. The van der Waals surface area contributed by atoms with Gasteiger partial charge >= 0.3 is 0 Å². The van der Waals surface area contributed by atoms with Crippen molar-refractivity contribution in [3.63, 3.8) is 0 Å². The molecule has 19 heavy (non-hydrogen) atoms. The SMILES string of the molecule is CCC(CC)CNc1cnn(CCOC)c(=O)c1Cl. The third-order valence-corrected chi connectivity index (χ3v) is 3.59. The van der Waals surface area contributed by atoms with E-state index >= 15 is 0 Å². The van der Waals surface area contributed by atoms with Gasteiger partial charge in [-0.2, -0.15) is 5.10 Å². The van der Waals surface area contributed by atoms with Crippen molar-refractivity contribution >= 4 is 17.3 Å². The first-order chi connectivity index (χ1) is 9.13. The average molecular weight is 288 g/mol. The zero-order chi connectivity index (χ0) is 14.3. The van der Waals surface area contributed by atoms with Crippen molar-refractivity contribution in [2.24, 2.45) is 5.92 Å². The molecule has 0 aliphatic carbocycles. The normalized spacial score (nSPS) is 11.0. The number of methoxy groups -OCH3 is 1. The van der Waals surface area contributed by atoms with Crippen LogP contribution in [0.4, 0.5) is 5.69 Å². The lowest BCUT2D eigenvalue weighted by molar-refractivity contribution is 0.182. The summed E-state index contributed by atoms with van der Waals surface area (Å²) in [4.78, 5) is 12.0. The van der Waals surface area contributed by atoms with Gasteiger partial charge in [-0.05, 0) is 5.92 Å². The van der Waals surface area contributed by atoms with Crippen LogP contribution in [0.5, 0.6) is 0 Å². The summed E-state index contributed by atoms with van der Waals surface area (Å²) < 4.78 is 6.23. The van der Waals surface area contributed by atoms with Crippen LogP contribution in [0, 0.1) is 5.92 Å². The van der Waals surface area contributed by atoms with E-state index in [0.717, 1.165) is 19.4 Å². The van der Waals surface area contributed by atoms with E-state index in [4.69, 9.17) is 16.3 Å². The van der Waals surface area contributed by atoms with Crippen molar-refractivity contribution in [2.45, 2.75) is 33.2 Å². The number of nitrogens with one attached hydrogen (secondary N) is 1. The molecule has 0 aliphatic heterocycles. The number of ether oxygens (including phenoxy) is 1. The van der Waals surface area contributed by atoms with Crippen molar-refractivity contribution in [1.82, 2.24) is 9.78 Å². The van der Waals surface area contributed by atoms with Crippen molar-refractivity contribution < 1.29 is 4.74 Å². The van der Waals surface area contributed by atoms with Crippen LogP contribution in [-0.4, -0.2) is 30.0 Å². The summed E-state index contributed by atoms with van der Waals surface area (Å²) in [5.74, 6) is 0.576. The molecular weight excluding hydrogens is 266 g/mol. The molecule has 1 aromatic heterocycles. The summed E-state index contributed by atoms with van der Waals surface area (Å²) in [6, 6.07) is 0. The zero-order valence-corrected chi connectivity index (χ0v) is 12.5. The molecule has 0 spiro atoms. The number of hydrogen-bond acceptors (Lipinski definition) is 4.